The molecule has 170 valence electrons. The van der Waals surface area contributed by atoms with Crippen LogP contribution in [0.3, 0.4) is 0 Å². The van der Waals surface area contributed by atoms with Crippen molar-refractivity contribution in [1.29, 1.82) is 0 Å². The van der Waals surface area contributed by atoms with Gasteiger partial charge in [-0.15, -0.1) is 0 Å². The van der Waals surface area contributed by atoms with E-state index < -0.39 is 39.7 Å². The van der Waals surface area contributed by atoms with Crippen molar-refractivity contribution in [3.05, 3.63) is 41.9 Å². The van der Waals surface area contributed by atoms with Crippen molar-refractivity contribution in [2.75, 3.05) is 26.4 Å². The summed E-state index contributed by atoms with van der Waals surface area (Å²) < 4.78 is 101. The fraction of sp³-hybridized carbons (Fsp3) is 0.619. The van der Waals surface area contributed by atoms with Crippen LogP contribution in [0.1, 0.15) is 27.7 Å². The van der Waals surface area contributed by atoms with E-state index in [0.717, 1.165) is 23.5 Å². The maximum atomic E-state index is 15.1. The lowest BCUT2D eigenvalue weighted by Gasteiger charge is -2.50. The number of hydrogen-bond donors (Lipinski definition) is 0. The van der Waals surface area contributed by atoms with Gasteiger partial charge in [0.2, 0.25) is 0 Å². The van der Waals surface area contributed by atoms with Gasteiger partial charge in [-0.1, -0.05) is 23.5 Å². The first-order valence-electron chi connectivity index (χ1n) is 9.81. The SMILES string of the molecule is CC1=C2COCCOCC3=C(C)SC4=C5C(=C(S1)C2(C)C34C)C(F)(F)C(F)(F)C5(F)F. The number of ether oxygens (including phenoxy) is 2. The average molecular weight is 483 g/mol. The molecule has 3 heterocycles. The van der Waals surface area contributed by atoms with Crippen LogP contribution in [0, 0.1) is 10.8 Å². The first-order valence-corrected chi connectivity index (χ1v) is 11.4. The molecule has 2 aliphatic carbocycles. The second-order valence-electron chi connectivity index (χ2n) is 8.76. The third-order valence-corrected chi connectivity index (χ3v) is 10.2. The number of halogens is 6. The van der Waals surface area contributed by atoms with Gasteiger partial charge in [-0.2, -0.15) is 26.3 Å². The minimum absolute atomic E-state index is 0.0863. The molecule has 0 N–H and O–H groups in total. The molecular weight excluding hydrogens is 462 g/mol. The summed E-state index contributed by atoms with van der Waals surface area (Å²) >= 11 is 1.79. The van der Waals surface area contributed by atoms with Crippen LogP contribution >= 0.6 is 23.5 Å². The van der Waals surface area contributed by atoms with E-state index in [-0.39, 0.29) is 36.2 Å². The summed E-state index contributed by atoms with van der Waals surface area (Å²) in [4.78, 5) is 0.994. The normalized spacial score (nSPS) is 38.1. The van der Waals surface area contributed by atoms with Crippen molar-refractivity contribution in [2.24, 2.45) is 10.8 Å². The number of fused-ring (bicyclic) bond motifs is 1. The molecule has 0 spiro atoms. The van der Waals surface area contributed by atoms with Crippen LogP contribution in [-0.2, 0) is 9.47 Å². The highest BCUT2D eigenvalue weighted by atomic mass is 32.2. The second kappa shape index (κ2) is 6.18. The van der Waals surface area contributed by atoms with E-state index in [0.29, 0.717) is 21.0 Å². The lowest BCUT2D eigenvalue weighted by molar-refractivity contribution is -0.258. The van der Waals surface area contributed by atoms with Gasteiger partial charge in [0.1, 0.15) is 0 Å². The molecule has 0 aromatic heterocycles. The summed E-state index contributed by atoms with van der Waals surface area (Å²) in [5.74, 6) is -15.5. The third-order valence-electron chi connectivity index (χ3n) is 7.46. The van der Waals surface area contributed by atoms with Gasteiger partial charge in [-0.3, -0.25) is 0 Å². The van der Waals surface area contributed by atoms with Gasteiger partial charge in [-0.25, -0.2) is 0 Å². The molecule has 31 heavy (non-hydrogen) atoms. The Kier molecular flexibility index (Phi) is 4.38. The first kappa shape index (κ1) is 22.0. The van der Waals surface area contributed by atoms with Crippen molar-refractivity contribution >= 4 is 23.5 Å². The highest BCUT2D eigenvalue weighted by Gasteiger charge is 2.85. The zero-order valence-corrected chi connectivity index (χ0v) is 18.9. The van der Waals surface area contributed by atoms with E-state index in [2.05, 4.69) is 0 Å². The lowest BCUT2D eigenvalue weighted by Crippen LogP contribution is -2.47. The Labute approximate surface area is 184 Å². The topological polar surface area (TPSA) is 18.5 Å². The molecule has 2 fully saturated rings. The Balaban J connectivity index is 1.93. The van der Waals surface area contributed by atoms with Crippen molar-refractivity contribution in [2.45, 2.75) is 45.5 Å². The molecule has 5 aliphatic rings. The maximum absolute atomic E-state index is 15.1. The van der Waals surface area contributed by atoms with Crippen LogP contribution in [0.2, 0.25) is 0 Å². The summed E-state index contributed by atoms with van der Waals surface area (Å²) in [5, 5.41) is 0. The second-order valence-corrected chi connectivity index (χ2v) is 11.2. The Morgan fingerprint density at radius 3 is 1.39 bits per heavy atom. The highest BCUT2D eigenvalue weighted by Crippen LogP contribution is 2.79. The lowest BCUT2D eigenvalue weighted by atomic mass is 9.54. The fourth-order valence-corrected chi connectivity index (χ4v) is 8.68. The number of allylic oxidation sites excluding steroid dienone is 6. The molecule has 2 unspecified atom stereocenters. The summed E-state index contributed by atoms with van der Waals surface area (Å²) in [6.07, 6.45) is 0. The Morgan fingerprint density at radius 1 is 0.677 bits per heavy atom. The van der Waals surface area contributed by atoms with Crippen molar-refractivity contribution in [1.82, 2.24) is 0 Å². The molecule has 0 bridgehead atoms. The number of rotatable bonds is 0. The maximum Gasteiger partial charge on any atom is 0.380 e. The van der Waals surface area contributed by atoms with Gasteiger partial charge >= 0.3 is 17.8 Å². The van der Waals surface area contributed by atoms with E-state index in [4.69, 9.17) is 9.47 Å². The predicted molar refractivity (Wildman–Crippen MR) is 107 cm³/mol. The third kappa shape index (κ3) is 2.19. The molecule has 3 aliphatic heterocycles. The van der Waals surface area contributed by atoms with E-state index in [1.165, 1.54) is 0 Å². The Hall–Kier alpha value is -0.840. The van der Waals surface area contributed by atoms with Crippen molar-refractivity contribution in [3.8, 4) is 0 Å². The molecule has 2 nitrogen and oxygen atoms in total. The van der Waals surface area contributed by atoms with Crippen LogP contribution in [0.15, 0.2) is 41.9 Å². The molecule has 10 heteroatoms. The van der Waals surface area contributed by atoms with E-state index in [1.807, 2.05) is 0 Å². The Bertz CT molecular complexity index is 960. The molecule has 0 radical (unpaired) electrons. The van der Waals surface area contributed by atoms with E-state index >= 15 is 17.6 Å². The van der Waals surface area contributed by atoms with E-state index in [9.17, 15) is 8.78 Å². The van der Waals surface area contributed by atoms with Crippen LogP contribution in [0.25, 0.3) is 0 Å². The summed E-state index contributed by atoms with van der Waals surface area (Å²) in [5.41, 5.74) is -3.54. The standard InChI is InChI=1S/C21H20F6O2S2/c1-9-11-7-28-5-6-29-8-12-10(2)31-16-14-13(15(30-9)17(11,3)18(12,16)4)19(22,23)21(26,27)20(14,24)25/h5-8H2,1-4H3. The largest absolute Gasteiger partial charge is 0.380 e. The van der Waals surface area contributed by atoms with Gasteiger partial charge in [-0.05, 0) is 48.7 Å². The first-order chi connectivity index (χ1) is 14.3. The number of thioether (sulfide) groups is 2. The summed E-state index contributed by atoms with van der Waals surface area (Å²) in [6, 6.07) is 0. The number of hydrogen-bond acceptors (Lipinski definition) is 4. The molecule has 0 aromatic carbocycles. The molecule has 1 saturated heterocycles. The van der Waals surface area contributed by atoms with Crippen LogP contribution in [0.4, 0.5) is 26.3 Å². The van der Waals surface area contributed by atoms with Gasteiger partial charge in [0.15, 0.2) is 0 Å². The quantitative estimate of drug-likeness (QED) is 0.366. The van der Waals surface area contributed by atoms with Crippen LogP contribution in [-0.4, -0.2) is 44.2 Å². The zero-order chi connectivity index (χ0) is 22.8. The molecule has 1 saturated carbocycles. The summed E-state index contributed by atoms with van der Waals surface area (Å²) in [7, 11) is 0. The van der Waals surface area contributed by atoms with Crippen molar-refractivity contribution < 1.29 is 35.8 Å². The average Bonchev–Trinajstić information content (AvgIpc) is 3.11. The molecule has 0 aromatic rings. The molecule has 5 rings (SSSR count). The van der Waals surface area contributed by atoms with E-state index in [1.54, 1.807) is 27.7 Å². The van der Waals surface area contributed by atoms with Gasteiger partial charge in [0, 0.05) is 31.8 Å². The van der Waals surface area contributed by atoms with Crippen molar-refractivity contribution in [3.63, 3.8) is 0 Å². The number of alkyl halides is 6. The minimum atomic E-state index is -5.52. The molecule has 2 atom stereocenters. The van der Waals surface area contributed by atoms with Gasteiger partial charge in [0.25, 0.3) is 0 Å². The minimum Gasteiger partial charge on any atom is -0.375 e. The van der Waals surface area contributed by atoms with Crippen LogP contribution in [0.5, 0.6) is 0 Å². The highest BCUT2D eigenvalue weighted by molar-refractivity contribution is 8.07. The van der Waals surface area contributed by atoms with Gasteiger partial charge in [0.05, 0.1) is 26.4 Å². The fourth-order valence-electron chi connectivity index (χ4n) is 5.57. The van der Waals surface area contributed by atoms with Gasteiger partial charge < -0.3 is 9.47 Å². The molecule has 0 amide bonds. The predicted octanol–water partition coefficient (Wildman–Crippen LogP) is 6.53. The summed E-state index contributed by atoms with van der Waals surface area (Å²) in [6.45, 7) is 7.52. The zero-order valence-electron chi connectivity index (χ0n) is 17.2. The molecular formula is C21H20F6O2S2. The Morgan fingerprint density at radius 2 is 1.03 bits per heavy atom. The smallest absolute Gasteiger partial charge is 0.375 e. The monoisotopic (exact) mass is 482 g/mol. The van der Waals surface area contributed by atoms with Crippen LogP contribution < -0.4 is 0 Å².